The van der Waals surface area contributed by atoms with Crippen LogP contribution in [0, 0.1) is 6.92 Å². The van der Waals surface area contributed by atoms with E-state index in [0.29, 0.717) is 10.3 Å². The third-order valence-electron chi connectivity index (χ3n) is 4.95. The summed E-state index contributed by atoms with van der Waals surface area (Å²) in [4.78, 5) is 28.6. The Morgan fingerprint density at radius 3 is 2.68 bits per heavy atom. The first-order chi connectivity index (χ1) is 13.5. The van der Waals surface area contributed by atoms with Gasteiger partial charge in [-0.2, -0.15) is 0 Å². The van der Waals surface area contributed by atoms with Crippen LogP contribution in [0.5, 0.6) is 0 Å². The molecule has 0 aliphatic rings. The van der Waals surface area contributed by atoms with Crippen molar-refractivity contribution in [3.8, 4) is 0 Å². The zero-order valence-corrected chi connectivity index (χ0v) is 16.7. The van der Waals surface area contributed by atoms with E-state index in [-0.39, 0.29) is 17.5 Å². The average molecular weight is 391 g/mol. The number of aromatic nitrogens is 1. The van der Waals surface area contributed by atoms with Crippen molar-refractivity contribution in [3.63, 3.8) is 0 Å². The van der Waals surface area contributed by atoms with Gasteiger partial charge in [0.05, 0.1) is 10.3 Å². The standard InChI is InChI=1S/C23H22N2O2S/c1-14-8-11-19-17(12-14)21-18(22(26)25-19)13-20(28-21)23(27)24-15(2)9-10-16-6-4-3-5-7-16/h3-8,11-13,15H,9-10H2,1-2H3,(H,24,27)(H,25,26)/t15-/m1/s1. The summed E-state index contributed by atoms with van der Waals surface area (Å²) in [5, 5.41) is 4.62. The molecule has 2 aromatic heterocycles. The molecule has 0 bridgehead atoms. The molecule has 2 heterocycles. The van der Waals surface area contributed by atoms with E-state index in [1.807, 2.05) is 50.2 Å². The zero-order valence-electron chi connectivity index (χ0n) is 15.9. The number of thiophene rings is 1. The van der Waals surface area contributed by atoms with Gasteiger partial charge in [0.2, 0.25) is 0 Å². The van der Waals surface area contributed by atoms with E-state index in [0.717, 1.165) is 34.0 Å². The lowest BCUT2D eigenvalue weighted by Crippen LogP contribution is -2.32. The third-order valence-corrected chi connectivity index (χ3v) is 6.12. The Morgan fingerprint density at radius 2 is 1.89 bits per heavy atom. The molecule has 0 radical (unpaired) electrons. The number of aryl methyl sites for hydroxylation is 2. The van der Waals surface area contributed by atoms with Crippen LogP contribution in [-0.4, -0.2) is 16.9 Å². The second-order valence-corrected chi connectivity index (χ2v) is 8.31. The molecule has 4 nitrogen and oxygen atoms in total. The largest absolute Gasteiger partial charge is 0.349 e. The van der Waals surface area contributed by atoms with E-state index >= 15 is 0 Å². The van der Waals surface area contributed by atoms with Crippen LogP contribution in [-0.2, 0) is 6.42 Å². The Kier molecular flexibility index (Phi) is 5.01. The fraction of sp³-hybridized carbons (Fsp3) is 0.217. The highest BCUT2D eigenvalue weighted by molar-refractivity contribution is 7.21. The lowest BCUT2D eigenvalue weighted by molar-refractivity contribution is 0.0942. The van der Waals surface area contributed by atoms with E-state index in [1.165, 1.54) is 16.9 Å². The second-order valence-electron chi connectivity index (χ2n) is 7.26. The van der Waals surface area contributed by atoms with Gasteiger partial charge in [0.1, 0.15) is 0 Å². The van der Waals surface area contributed by atoms with Crippen molar-refractivity contribution in [1.82, 2.24) is 10.3 Å². The average Bonchev–Trinajstić information content (AvgIpc) is 3.15. The Balaban J connectivity index is 1.56. The maximum Gasteiger partial charge on any atom is 0.261 e. The van der Waals surface area contributed by atoms with Gasteiger partial charge in [-0.1, -0.05) is 42.0 Å². The summed E-state index contributed by atoms with van der Waals surface area (Å²) in [6.07, 6.45) is 1.78. The number of rotatable bonds is 5. The van der Waals surface area contributed by atoms with Crippen LogP contribution >= 0.6 is 11.3 Å². The van der Waals surface area contributed by atoms with Crippen LogP contribution in [0.4, 0.5) is 0 Å². The number of hydrogen-bond acceptors (Lipinski definition) is 3. The maximum atomic E-state index is 12.7. The number of carbonyl (C=O) groups excluding carboxylic acids is 1. The molecule has 0 fully saturated rings. The van der Waals surface area contributed by atoms with Crippen molar-refractivity contribution >= 4 is 38.2 Å². The molecule has 1 amide bonds. The first-order valence-corrected chi connectivity index (χ1v) is 10.2. The highest BCUT2D eigenvalue weighted by Crippen LogP contribution is 2.30. The predicted molar refractivity (Wildman–Crippen MR) is 116 cm³/mol. The number of carbonyl (C=O) groups is 1. The molecule has 0 spiro atoms. The van der Waals surface area contributed by atoms with E-state index in [1.54, 1.807) is 6.07 Å². The monoisotopic (exact) mass is 390 g/mol. The van der Waals surface area contributed by atoms with Gasteiger partial charge in [-0.25, -0.2) is 0 Å². The molecule has 5 heteroatoms. The van der Waals surface area contributed by atoms with Crippen LogP contribution in [0.25, 0.3) is 21.0 Å². The molecule has 0 saturated carbocycles. The van der Waals surface area contributed by atoms with Gasteiger partial charge in [0.15, 0.2) is 0 Å². The Labute approximate surface area is 167 Å². The molecule has 0 unspecified atom stereocenters. The van der Waals surface area contributed by atoms with Gasteiger partial charge in [-0.05, 0) is 50.5 Å². The molecular formula is C23H22N2O2S. The number of amides is 1. The van der Waals surface area contributed by atoms with Crippen molar-refractivity contribution in [2.24, 2.45) is 0 Å². The molecule has 0 saturated heterocycles. The number of hydrogen-bond donors (Lipinski definition) is 2. The first kappa shape index (κ1) is 18.4. The summed E-state index contributed by atoms with van der Waals surface area (Å²) < 4.78 is 0.865. The third kappa shape index (κ3) is 3.71. The van der Waals surface area contributed by atoms with Crippen LogP contribution in [0.2, 0.25) is 0 Å². The summed E-state index contributed by atoms with van der Waals surface area (Å²) in [5.74, 6) is -0.123. The molecule has 28 heavy (non-hydrogen) atoms. The highest BCUT2D eigenvalue weighted by Gasteiger charge is 2.16. The molecule has 4 rings (SSSR count). The van der Waals surface area contributed by atoms with Gasteiger partial charge in [-0.3, -0.25) is 9.59 Å². The van der Waals surface area contributed by atoms with E-state index in [4.69, 9.17) is 0 Å². The minimum atomic E-state index is -0.154. The SMILES string of the molecule is Cc1ccc2[nH]c(=O)c3cc(C(=O)N[C@H](C)CCc4ccccc4)sc3c2c1. The van der Waals surface area contributed by atoms with E-state index in [2.05, 4.69) is 22.4 Å². The van der Waals surface area contributed by atoms with Crippen LogP contribution in [0.3, 0.4) is 0 Å². The summed E-state index contributed by atoms with van der Waals surface area (Å²) in [6, 6.07) is 17.9. The van der Waals surface area contributed by atoms with Crippen LogP contribution in [0.15, 0.2) is 59.4 Å². The van der Waals surface area contributed by atoms with Crippen LogP contribution < -0.4 is 10.9 Å². The molecule has 2 aromatic carbocycles. The lowest BCUT2D eigenvalue weighted by atomic mass is 10.1. The quantitative estimate of drug-likeness (QED) is 0.514. The Bertz CT molecular complexity index is 1210. The van der Waals surface area contributed by atoms with Crippen molar-refractivity contribution in [2.75, 3.05) is 0 Å². The van der Waals surface area contributed by atoms with Gasteiger partial charge >= 0.3 is 0 Å². The van der Waals surface area contributed by atoms with E-state index in [9.17, 15) is 9.59 Å². The normalized spacial score (nSPS) is 12.4. The molecule has 0 aliphatic heterocycles. The minimum absolute atomic E-state index is 0.0511. The van der Waals surface area contributed by atoms with E-state index < -0.39 is 0 Å². The number of H-pyrrole nitrogens is 1. The molecule has 142 valence electrons. The zero-order chi connectivity index (χ0) is 19.7. The van der Waals surface area contributed by atoms with Gasteiger partial charge < -0.3 is 10.3 Å². The fourth-order valence-electron chi connectivity index (χ4n) is 3.41. The summed E-state index contributed by atoms with van der Waals surface area (Å²) in [6.45, 7) is 4.03. The topological polar surface area (TPSA) is 62.0 Å². The Morgan fingerprint density at radius 1 is 1.11 bits per heavy atom. The minimum Gasteiger partial charge on any atom is -0.349 e. The molecule has 2 N–H and O–H groups in total. The smallest absolute Gasteiger partial charge is 0.261 e. The number of benzene rings is 2. The summed E-state index contributed by atoms with van der Waals surface area (Å²) >= 11 is 1.38. The van der Waals surface area contributed by atoms with Gasteiger partial charge in [0, 0.05) is 21.6 Å². The van der Waals surface area contributed by atoms with Crippen molar-refractivity contribution in [1.29, 1.82) is 0 Å². The van der Waals surface area contributed by atoms with Crippen LogP contribution in [0.1, 0.15) is 34.1 Å². The van der Waals surface area contributed by atoms with Gasteiger partial charge in [0.25, 0.3) is 11.5 Å². The molecular weight excluding hydrogens is 368 g/mol. The summed E-state index contributed by atoms with van der Waals surface area (Å²) in [7, 11) is 0. The fourth-order valence-corrected chi connectivity index (χ4v) is 4.50. The van der Waals surface area contributed by atoms with Crippen molar-refractivity contribution in [3.05, 3.63) is 81.0 Å². The lowest BCUT2D eigenvalue weighted by Gasteiger charge is -2.13. The van der Waals surface area contributed by atoms with Crippen molar-refractivity contribution in [2.45, 2.75) is 32.7 Å². The number of aromatic amines is 1. The summed E-state index contributed by atoms with van der Waals surface area (Å²) in [5.41, 5.74) is 3.03. The number of pyridine rings is 1. The van der Waals surface area contributed by atoms with Gasteiger partial charge in [-0.15, -0.1) is 11.3 Å². The number of fused-ring (bicyclic) bond motifs is 3. The number of nitrogens with one attached hydrogen (secondary N) is 2. The first-order valence-electron chi connectivity index (χ1n) is 9.42. The molecule has 0 aliphatic carbocycles. The molecule has 4 aromatic rings. The predicted octanol–water partition coefficient (Wildman–Crippen LogP) is 4.80. The second kappa shape index (κ2) is 7.60. The highest BCUT2D eigenvalue weighted by atomic mass is 32.1. The maximum absolute atomic E-state index is 12.7. The Hall–Kier alpha value is -2.92. The molecule has 1 atom stereocenters. The van der Waals surface area contributed by atoms with Crippen molar-refractivity contribution < 1.29 is 4.79 Å².